The lowest BCUT2D eigenvalue weighted by Crippen LogP contribution is -2.46. The Bertz CT molecular complexity index is 616. The third kappa shape index (κ3) is 5.49. The van der Waals surface area contributed by atoms with E-state index in [1.165, 1.54) is 6.20 Å². The standard InChI is InChI=1S/C17H24ClN3O4/c1-4-24-17(23)21-7-5-13(6-8-21)20-15(22)12-9-14(18)16(19-10-12)25-11(2)3/h9-11,13H,4-8H2,1-3H3,(H,20,22). The molecule has 7 nitrogen and oxygen atoms in total. The van der Waals surface area contributed by atoms with Crippen LogP contribution < -0.4 is 10.1 Å². The Labute approximate surface area is 152 Å². The van der Waals surface area contributed by atoms with E-state index < -0.39 is 0 Å². The summed E-state index contributed by atoms with van der Waals surface area (Å²) < 4.78 is 10.4. The number of rotatable bonds is 5. The lowest BCUT2D eigenvalue weighted by atomic mass is 10.0. The highest BCUT2D eigenvalue weighted by atomic mass is 35.5. The lowest BCUT2D eigenvalue weighted by Gasteiger charge is -2.31. The first kappa shape index (κ1) is 19.3. The molecule has 1 fully saturated rings. The number of carbonyl (C=O) groups excluding carboxylic acids is 2. The maximum absolute atomic E-state index is 12.4. The van der Waals surface area contributed by atoms with E-state index in [-0.39, 0.29) is 24.1 Å². The van der Waals surface area contributed by atoms with E-state index in [4.69, 9.17) is 21.1 Å². The van der Waals surface area contributed by atoms with E-state index in [1.54, 1.807) is 17.9 Å². The zero-order valence-electron chi connectivity index (χ0n) is 14.8. The van der Waals surface area contributed by atoms with Crippen LogP contribution in [0.25, 0.3) is 0 Å². The Kier molecular flexibility index (Phi) is 6.87. The van der Waals surface area contributed by atoms with Gasteiger partial charge in [0.25, 0.3) is 5.91 Å². The fourth-order valence-corrected chi connectivity index (χ4v) is 2.76. The van der Waals surface area contributed by atoms with Gasteiger partial charge in [-0.25, -0.2) is 9.78 Å². The van der Waals surface area contributed by atoms with Crippen LogP contribution in [0.4, 0.5) is 4.79 Å². The smallest absolute Gasteiger partial charge is 0.409 e. The molecule has 1 saturated heterocycles. The van der Waals surface area contributed by atoms with Crippen molar-refractivity contribution in [3.8, 4) is 5.88 Å². The van der Waals surface area contributed by atoms with Gasteiger partial charge in [-0.05, 0) is 39.7 Å². The number of nitrogens with one attached hydrogen (secondary N) is 1. The predicted octanol–water partition coefficient (Wildman–Crippen LogP) is 2.87. The minimum atomic E-state index is -0.302. The van der Waals surface area contributed by atoms with Crippen LogP contribution >= 0.6 is 11.6 Å². The Balaban J connectivity index is 1.88. The molecule has 1 aliphatic rings. The largest absolute Gasteiger partial charge is 0.474 e. The summed E-state index contributed by atoms with van der Waals surface area (Å²) in [6.07, 6.45) is 2.46. The van der Waals surface area contributed by atoms with Crippen molar-refractivity contribution < 1.29 is 19.1 Å². The SMILES string of the molecule is CCOC(=O)N1CCC(NC(=O)c2cnc(OC(C)C)c(Cl)c2)CC1. The van der Waals surface area contributed by atoms with Gasteiger partial charge in [0.2, 0.25) is 5.88 Å². The molecule has 1 aromatic rings. The predicted molar refractivity (Wildman–Crippen MR) is 94.1 cm³/mol. The van der Waals surface area contributed by atoms with E-state index in [0.717, 1.165) is 0 Å². The van der Waals surface area contributed by atoms with Crippen molar-refractivity contribution >= 4 is 23.6 Å². The number of hydrogen-bond donors (Lipinski definition) is 1. The van der Waals surface area contributed by atoms with E-state index in [2.05, 4.69) is 10.3 Å². The highest BCUT2D eigenvalue weighted by molar-refractivity contribution is 6.32. The van der Waals surface area contributed by atoms with Crippen molar-refractivity contribution in [3.05, 3.63) is 22.8 Å². The zero-order chi connectivity index (χ0) is 18.4. The Morgan fingerprint density at radius 3 is 2.64 bits per heavy atom. The Hall–Kier alpha value is -2.02. The summed E-state index contributed by atoms with van der Waals surface area (Å²) in [5.74, 6) is 0.0797. The highest BCUT2D eigenvalue weighted by Gasteiger charge is 2.25. The van der Waals surface area contributed by atoms with E-state index in [9.17, 15) is 9.59 Å². The summed E-state index contributed by atoms with van der Waals surface area (Å²) in [6.45, 7) is 7.01. The zero-order valence-corrected chi connectivity index (χ0v) is 15.5. The minimum Gasteiger partial charge on any atom is -0.474 e. The molecule has 8 heteroatoms. The van der Waals surface area contributed by atoms with Gasteiger partial charge < -0.3 is 19.7 Å². The molecule has 0 unspecified atom stereocenters. The first-order valence-electron chi connectivity index (χ1n) is 8.45. The normalized spacial score (nSPS) is 15.2. The second kappa shape index (κ2) is 8.89. The molecule has 0 spiro atoms. The minimum absolute atomic E-state index is 0.00328. The molecule has 1 aromatic heterocycles. The van der Waals surface area contributed by atoms with Crippen molar-refractivity contribution in [1.82, 2.24) is 15.2 Å². The number of ether oxygens (including phenoxy) is 2. The molecule has 2 rings (SSSR count). The van der Waals surface area contributed by atoms with Gasteiger partial charge in [-0.2, -0.15) is 0 Å². The summed E-state index contributed by atoms with van der Waals surface area (Å²) in [5.41, 5.74) is 0.383. The molecule has 0 bridgehead atoms. The maximum Gasteiger partial charge on any atom is 0.409 e. The van der Waals surface area contributed by atoms with Crippen LogP contribution in [0.5, 0.6) is 5.88 Å². The van der Waals surface area contributed by atoms with E-state index in [0.29, 0.717) is 49.0 Å². The number of aromatic nitrogens is 1. The molecule has 0 aromatic carbocycles. The Morgan fingerprint density at radius 1 is 1.40 bits per heavy atom. The van der Waals surface area contributed by atoms with Gasteiger partial charge in [-0.3, -0.25) is 4.79 Å². The number of carbonyl (C=O) groups is 2. The molecular weight excluding hydrogens is 346 g/mol. The van der Waals surface area contributed by atoms with Crippen LogP contribution in [0, 0.1) is 0 Å². The van der Waals surface area contributed by atoms with Crippen molar-refractivity contribution in [2.24, 2.45) is 0 Å². The average molecular weight is 370 g/mol. The van der Waals surface area contributed by atoms with Crippen LogP contribution in [0.1, 0.15) is 44.0 Å². The summed E-state index contributed by atoms with van der Waals surface area (Å²) >= 11 is 6.12. The second-order valence-electron chi connectivity index (χ2n) is 6.11. The number of nitrogens with zero attached hydrogens (tertiary/aromatic N) is 2. The maximum atomic E-state index is 12.4. The van der Waals surface area contributed by atoms with Crippen molar-refractivity contribution in [3.63, 3.8) is 0 Å². The molecule has 0 atom stereocenters. The quantitative estimate of drug-likeness (QED) is 0.863. The second-order valence-corrected chi connectivity index (χ2v) is 6.52. The van der Waals surface area contributed by atoms with Gasteiger partial charge in [0.05, 0.1) is 18.3 Å². The van der Waals surface area contributed by atoms with Crippen LogP contribution in [0.2, 0.25) is 5.02 Å². The lowest BCUT2D eigenvalue weighted by molar-refractivity contribution is 0.0860. The number of amides is 2. The van der Waals surface area contributed by atoms with E-state index in [1.807, 2.05) is 13.8 Å². The number of pyridine rings is 1. The van der Waals surface area contributed by atoms with Crippen molar-refractivity contribution in [2.75, 3.05) is 19.7 Å². The number of likely N-dealkylation sites (tertiary alicyclic amines) is 1. The summed E-state index contributed by atoms with van der Waals surface area (Å²) in [5, 5.41) is 3.26. The van der Waals surface area contributed by atoms with Gasteiger partial charge in [0, 0.05) is 25.3 Å². The first-order valence-corrected chi connectivity index (χ1v) is 8.83. The highest BCUT2D eigenvalue weighted by Crippen LogP contribution is 2.23. The van der Waals surface area contributed by atoms with Crippen LogP contribution in [0.3, 0.4) is 0 Å². The van der Waals surface area contributed by atoms with Gasteiger partial charge in [0.15, 0.2) is 0 Å². The van der Waals surface area contributed by atoms with Gasteiger partial charge in [-0.15, -0.1) is 0 Å². The van der Waals surface area contributed by atoms with Crippen molar-refractivity contribution in [2.45, 2.75) is 45.8 Å². The van der Waals surface area contributed by atoms with Crippen LogP contribution in [0.15, 0.2) is 12.3 Å². The van der Waals surface area contributed by atoms with Gasteiger partial charge >= 0.3 is 6.09 Å². The third-order valence-corrected chi connectivity index (χ3v) is 4.04. The first-order chi connectivity index (χ1) is 11.9. The van der Waals surface area contributed by atoms with E-state index >= 15 is 0 Å². The summed E-state index contributed by atoms with van der Waals surface area (Å²) in [4.78, 5) is 29.8. The Morgan fingerprint density at radius 2 is 2.08 bits per heavy atom. The fraction of sp³-hybridized carbons (Fsp3) is 0.588. The van der Waals surface area contributed by atoms with Crippen LogP contribution in [-0.4, -0.2) is 53.7 Å². The van der Waals surface area contributed by atoms with Gasteiger partial charge in [-0.1, -0.05) is 11.6 Å². The molecule has 2 amide bonds. The molecule has 0 radical (unpaired) electrons. The summed E-state index contributed by atoms with van der Waals surface area (Å²) in [7, 11) is 0. The molecule has 2 heterocycles. The molecule has 0 saturated carbocycles. The molecule has 1 N–H and O–H groups in total. The molecule has 25 heavy (non-hydrogen) atoms. The average Bonchev–Trinajstić information content (AvgIpc) is 2.57. The molecule has 0 aliphatic carbocycles. The van der Waals surface area contributed by atoms with Crippen molar-refractivity contribution in [1.29, 1.82) is 0 Å². The third-order valence-electron chi connectivity index (χ3n) is 3.77. The number of hydrogen-bond acceptors (Lipinski definition) is 5. The fourth-order valence-electron chi connectivity index (χ4n) is 2.55. The monoisotopic (exact) mass is 369 g/mol. The number of halogens is 1. The van der Waals surface area contributed by atoms with Crippen LogP contribution in [-0.2, 0) is 4.74 Å². The summed E-state index contributed by atoms with van der Waals surface area (Å²) in [6, 6.07) is 1.55. The topological polar surface area (TPSA) is 80.8 Å². The van der Waals surface area contributed by atoms with Gasteiger partial charge in [0.1, 0.15) is 5.02 Å². The molecule has 138 valence electrons. The molecule has 1 aliphatic heterocycles. The number of piperidine rings is 1. The molecular formula is C17H24ClN3O4.